The van der Waals surface area contributed by atoms with Gasteiger partial charge in [0.25, 0.3) is 5.91 Å². The fourth-order valence-electron chi connectivity index (χ4n) is 3.84. The summed E-state index contributed by atoms with van der Waals surface area (Å²) in [7, 11) is 0. The third-order valence-electron chi connectivity index (χ3n) is 5.36. The first-order valence-corrected chi connectivity index (χ1v) is 10.1. The first-order valence-electron chi connectivity index (χ1n) is 10.1. The van der Waals surface area contributed by atoms with Crippen molar-refractivity contribution in [2.24, 2.45) is 0 Å². The van der Waals surface area contributed by atoms with Gasteiger partial charge < -0.3 is 19.9 Å². The van der Waals surface area contributed by atoms with Crippen LogP contribution in [0.25, 0.3) is 0 Å². The first-order chi connectivity index (χ1) is 14.2. The Bertz CT molecular complexity index is 895. The molecule has 2 aromatic rings. The highest BCUT2D eigenvalue weighted by Gasteiger charge is 2.27. The maximum absolute atomic E-state index is 13.0. The molecule has 3 heterocycles. The summed E-state index contributed by atoms with van der Waals surface area (Å²) in [6.45, 7) is 4.10. The number of hydrogen-bond donors (Lipinski definition) is 1. The summed E-state index contributed by atoms with van der Waals surface area (Å²) in [5, 5.41) is 3.31. The zero-order chi connectivity index (χ0) is 20.2. The molecule has 8 heteroatoms. The molecule has 152 valence electrons. The lowest BCUT2D eigenvalue weighted by Gasteiger charge is -2.31. The topological polar surface area (TPSA) is 87.7 Å². The van der Waals surface area contributed by atoms with Gasteiger partial charge in [-0.2, -0.15) is 0 Å². The Morgan fingerprint density at radius 3 is 2.76 bits per heavy atom. The Kier molecular flexibility index (Phi) is 5.59. The predicted molar refractivity (Wildman–Crippen MR) is 109 cm³/mol. The van der Waals surface area contributed by atoms with Crippen molar-refractivity contribution in [2.75, 3.05) is 36.5 Å². The number of ether oxygens (including phenoxy) is 1. The highest BCUT2D eigenvalue weighted by atomic mass is 16.6. The fraction of sp³-hybridized carbons (Fsp3) is 0.429. The number of anilines is 2. The van der Waals surface area contributed by atoms with E-state index in [2.05, 4.69) is 21.4 Å². The average Bonchev–Trinajstić information content (AvgIpc) is 3.18. The van der Waals surface area contributed by atoms with E-state index in [0.29, 0.717) is 37.9 Å². The van der Waals surface area contributed by atoms with E-state index in [0.717, 1.165) is 24.9 Å². The highest BCUT2D eigenvalue weighted by Crippen LogP contribution is 2.28. The van der Waals surface area contributed by atoms with Crippen LogP contribution < -0.4 is 10.2 Å². The number of nitrogens with zero attached hydrogens (tertiary/aromatic N) is 4. The minimum Gasteiger partial charge on any atom is -0.450 e. The number of benzene rings is 1. The van der Waals surface area contributed by atoms with Gasteiger partial charge in [0.15, 0.2) is 0 Å². The van der Waals surface area contributed by atoms with Crippen LogP contribution in [-0.2, 0) is 11.2 Å². The van der Waals surface area contributed by atoms with Crippen molar-refractivity contribution < 1.29 is 14.3 Å². The number of aromatic nitrogens is 2. The lowest BCUT2D eigenvalue weighted by molar-refractivity contribution is 0.0973. The number of para-hydroxylation sites is 1. The number of hydrogen-bond acceptors (Lipinski definition) is 6. The zero-order valence-corrected chi connectivity index (χ0v) is 16.5. The summed E-state index contributed by atoms with van der Waals surface area (Å²) in [4.78, 5) is 37.0. The van der Waals surface area contributed by atoms with Crippen molar-refractivity contribution in [1.29, 1.82) is 0 Å². The van der Waals surface area contributed by atoms with Gasteiger partial charge in [-0.3, -0.25) is 4.79 Å². The van der Waals surface area contributed by atoms with Crippen LogP contribution >= 0.6 is 0 Å². The normalized spacial score (nSPS) is 16.4. The number of nitrogens with one attached hydrogen (secondary N) is 1. The van der Waals surface area contributed by atoms with Crippen molar-refractivity contribution in [3.8, 4) is 0 Å². The van der Waals surface area contributed by atoms with E-state index in [1.165, 1.54) is 5.56 Å². The van der Waals surface area contributed by atoms with E-state index >= 15 is 0 Å². The molecule has 8 nitrogen and oxygen atoms in total. The summed E-state index contributed by atoms with van der Waals surface area (Å²) in [6, 6.07) is 9.76. The van der Waals surface area contributed by atoms with Crippen LogP contribution in [0.4, 0.5) is 16.4 Å². The van der Waals surface area contributed by atoms with E-state index in [4.69, 9.17) is 4.74 Å². The molecule has 2 amide bonds. The number of carbonyl (C=O) groups excluding carboxylic acids is 2. The fourth-order valence-corrected chi connectivity index (χ4v) is 3.84. The second-order valence-corrected chi connectivity index (χ2v) is 7.21. The van der Waals surface area contributed by atoms with Gasteiger partial charge in [0.1, 0.15) is 5.69 Å². The van der Waals surface area contributed by atoms with Crippen LogP contribution in [0.3, 0.4) is 0 Å². The van der Waals surface area contributed by atoms with Crippen LogP contribution in [0.2, 0.25) is 0 Å². The molecule has 0 bridgehead atoms. The standard InChI is InChI=1S/C21H25N5O3/c1-2-29-21(28)25-12-9-16(10-13-25)23-20-22-11-7-17(24-20)19(27)26-14-8-15-5-3-4-6-18(15)26/h3-7,11,16H,2,8-10,12-14H2,1H3,(H,22,23,24). The summed E-state index contributed by atoms with van der Waals surface area (Å²) >= 11 is 0. The lowest BCUT2D eigenvalue weighted by Crippen LogP contribution is -2.42. The maximum atomic E-state index is 13.0. The Balaban J connectivity index is 1.39. The van der Waals surface area contributed by atoms with Crippen LogP contribution in [0.1, 0.15) is 35.8 Å². The monoisotopic (exact) mass is 395 g/mol. The molecule has 4 rings (SSSR count). The summed E-state index contributed by atoms with van der Waals surface area (Å²) in [5.74, 6) is 0.329. The molecule has 1 N–H and O–H groups in total. The summed E-state index contributed by atoms with van der Waals surface area (Å²) in [5.41, 5.74) is 2.52. The molecule has 29 heavy (non-hydrogen) atoms. The van der Waals surface area contributed by atoms with Crippen molar-refractivity contribution in [2.45, 2.75) is 32.2 Å². The smallest absolute Gasteiger partial charge is 0.409 e. The number of amides is 2. The minimum atomic E-state index is -0.263. The van der Waals surface area contributed by atoms with Crippen molar-refractivity contribution >= 4 is 23.6 Å². The van der Waals surface area contributed by atoms with Crippen LogP contribution in [0.5, 0.6) is 0 Å². The Labute approximate surface area is 169 Å². The SMILES string of the molecule is CCOC(=O)N1CCC(Nc2nccc(C(=O)N3CCc4ccccc43)n2)CC1. The van der Waals surface area contributed by atoms with E-state index < -0.39 is 0 Å². The molecule has 1 aromatic heterocycles. The molecule has 0 saturated carbocycles. The average molecular weight is 395 g/mol. The quantitative estimate of drug-likeness (QED) is 0.856. The first kappa shape index (κ1) is 19.2. The molecular weight excluding hydrogens is 370 g/mol. The van der Waals surface area contributed by atoms with E-state index in [9.17, 15) is 9.59 Å². The van der Waals surface area contributed by atoms with E-state index in [1.807, 2.05) is 18.2 Å². The Hall–Kier alpha value is -3.16. The van der Waals surface area contributed by atoms with Gasteiger partial charge in [-0.15, -0.1) is 0 Å². The van der Waals surface area contributed by atoms with E-state index in [1.54, 1.807) is 29.0 Å². The molecule has 0 spiro atoms. The van der Waals surface area contributed by atoms with Gasteiger partial charge in [-0.05, 0) is 43.9 Å². The van der Waals surface area contributed by atoms with E-state index in [-0.39, 0.29) is 18.0 Å². The zero-order valence-electron chi connectivity index (χ0n) is 16.5. The van der Waals surface area contributed by atoms with Crippen molar-refractivity contribution in [1.82, 2.24) is 14.9 Å². The molecule has 2 aliphatic rings. The van der Waals surface area contributed by atoms with Crippen LogP contribution in [-0.4, -0.2) is 59.2 Å². The molecule has 0 aliphatic carbocycles. The summed E-state index contributed by atoms with van der Waals surface area (Å²) in [6.07, 6.45) is 3.76. The second-order valence-electron chi connectivity index (χ2n) is 7.21. The number of piperidine rings is 1. The summed E-state index contributed by atoms with van der Waals surface area (Å²) < 4.78 is 5.05. The van der Waals surface area contributed by atoms with Crippen molar-refractivity contribution in [3.05, 3.63) is 47.8 Å². The third kappa shape index (κ3) is 4.16. The Morgan fingerprint density at radius 2 is 1.97 bits per heavy atom. The second kappa shape index (κ2) is 8.46. The van der Waals surface area contributed by atoms with Gasteiger partial charge in [-0.1, -0.05) is 18.2 Å². The predicted octanol–water partition coefficient (Wildman–Crippen LogP) is 2.71. The van der Waals surface area contributed by atoms with Crippen LogP contribution in [0.15, 0.2) is 36.5 Å². The number of fused-ring (bicyclic) bond motifs is 1. The van der Waals surface area contributed by atoms with Gasteiger partial charge in [0, 0.05) is 37.6 Å². The molecule has 1 aromatic carbocycles. The van der Waals surface area contributed by atoms with Gasteiger partial charge in [-0.25, -0.2) is 14.8 Å². The Morgan fingerprint density at radius 1 is 1.17 bits per heavy atom. The number of likely N-dealkylation sites (tertiary alicyclic amines) is 1. The molecule has 1 saturated heterocycles. The molecular formula is C21H25N5O3. The molecule has 0 radical (unpaired) electrons. The maximum Gasteiger partial charge on any atom is 0.409 e. The molecule has 1 fully saturated rings. The minimum absolute atomic E-state index is 0.113. The largest absolute Gasteiger partial charge is 0.450 e. The molecule has 0 atom stereocenters. The number of rotatable bonds is 4. The lowest BCUT2D eigenvalue weighted by atomic mass is 10.1. The highest BCUT2D eigenvalue weighted by molar-refractivity contribution is 6.06. The van der Waals surface area contributed by atoms with Gasteiger partial charge in [0.05, 0.1) is 6.61 Å². The molecule has 2 aliphatic heterocycles. The third-order valence-corrected chi connectivity index (χ3v) is 5.36. The van der Waals surface area contributed by atoms with Crippen molar-refractivity contribution in [3.63, 3.8) is 0 Å². The van der Waals surface area contributed by atoms with Gasteiger partial charge in [0.2, 0.25) is 5.95 Å². The number of carbonyl (C=O) groups is 2. The van der Waals surface area contributed by atoms with Crippen LogP contribution in [0, 0.1) is 0 Å². The van der Waals surface area contributed by atoms with Gasteiger partial charge >= 0.3 is 6.09 Å². The molecule has 0 unspecified atom stereocenters.